The van der Waals surface area contributed by atoms with E-state index >= 15 is 0 Å². The Kier molecular flexibility index (Phi) is 5.20. The Hall–Kier alpha value is -4.45. The van der Waals surface area contributed by atoms with Crippen LogP contribution in [0.5, 0.6) is 17.4 Å². The van der Waals surface area contributed by atoms with E-state index in [2.05, 4.69) is 11.2 Å². The number of aromatic hydroxyl groups is 1. The molecule has 9 heteroatoms. The van der Waals surface area contributed by atoms with Gasteiger partial charge < -0.3 is 25.4 Å². The molecule has 4 rings (SSSR count). The summed E-state index contributed by atoms with van der Waals surface area (Å²) < 4.78 is 12.8. The number of hydrogen-bond acceptors (Lipinski definition) is 7. The molecule has 0 bridgehead atoms. The third kappa shape index (κ3) is 3.37. The second-order valence-electron chi connectivity index (χ2n) is 7.16. The number of nitriles is 1. The molecule has 1 atom stereocenters. The SMILES string of the molecule is CCOc1cc(C2C(C#N)=C(N)Oc3c2c(C)nn3-c2cccc(C(=O)O)c2)ccc1O. The van der Waals surface area contributed by atoms with Crippen molar-refractivity contribution in [2.75, 3.05) is 6.61 Å². The van der Waals surface area contributed by atoms with Crippen LogP contribution in [-0.2, 0) is 0 Å². The summed E-state index contributed by atoms with van der Waals surface area (Å²) in [6, 6.07) is 13.2. The van der Waals surface area contributed by atoms with Gasteiger partial charge in [0.2, 0.25) is 11.8 Å². The molecule has 9 nitrogen and oxygen atoms in total. The molecule has 1 aromatic heterocycles. The van der Waals surface area contributed by atoms with E-state index in [9.17, 15) is 20.3 Å². The summed E-state index contributed by atoms with van der Waals surface area (Å²) >= 11 is 0. The number of hydrogen-bond donors (Lipinski definition) is 3. The Morgan fingerprint density at radius 3 is 2.81 bits per heavy atom. The van der Waals surface area contributed by atoms with Crippen LogP contribution in [0, 0.1) is 18.3 Å². The molecule has 0 aliphatic carbocycles. The van der Waals surface area contributed by atoms with Gasteiger partial charge in [-0.1, -0.05) is 12.1 Å². The van der Waals surface area contributed by atoms with Crippen LogP contribution in [-0.4, -0.2) is 32.6 Å². The molecule has 0 saturated heterocycles. The lowest BCUT2D eigenvalue weighted by molar-refractivity contribution is 0.0697. The number of fused-ring (bicyclic) bond motifs is 1. The smallest absolute Gasteiger partial charge is 0.335 e. The number of carbonyl (C=O) groups is 1. The molecule has 162 valence electrons. The van der Waals surface area contributed by atoms with Gasteiger partial charge in [0.05, 0.1) is 35.0 Å². The van der Waals surface area contributed by atoms with Gasteiger partial charge in [-0.3, -0.25) is 0 Å². The molecular formula is C23H20N4O5. The number of nitrogens with two attached hydrogens (primary N) is 1. The maximum absolute atomic E-state index is 11.4. The topological polar surface area (TPSA) is 144 Å². The van der Waals surface area contributed by atoms with Crippen molar-refractivity contribution in [3.63, 3.8) is 0 Å². The van der Waals surface area contributed by atoms with E-state index in [1.807, 2.05) is 0 Å². The van der Waals surface area contributed by atoms with Crippen molar-refractivity contribution in [1.82, 2.24) is 9.78 Å². The van der Waals surface area contributed by atoms with Crippen LogP contribution in [0.4, 0.5) is 0 Å². The van der Waals surface area contributed by atoms with Crippen LogP contribution in [0.1, 0.15) is 40.0 Å². The van der Waals surface area contributed by atoms with Crippen molar-refractivity contribution < 1.29 is 24.5 Å². The fourth-order valence-corrected chi connectivity index (χ4v) is 3.77. The molecule has 1 aliphatic heterocycles. The number of benzene rings is 2. The van der Waals surface area contributed by atoms with E-state index in [1.165, 1.54) is 22.9 Å². The Morgan fingerprint density at radius 1 is 1.34 bits per heavy atom. The maximum atomic E-state index is 11.4. The molecule has 4 N–H and O–H groups in total. The molecule has 2 aromatic carbocycles. The van der Waals surface area contributed by atoms with Crippen molar-refractivity contribution in [2.45, 2.75) is 19.8 Å². The Balaban J connectivity index is 1.92. The highest BCUT2D eigenvalue weighted by Gasteiger charge is 2.36. The van der Waals surface area contributed by atoms with E-state index in [1.54, 1.807) is 38.1 Å². The molecular weight excluding hydrogens is 412 g/mol. The van der Waals surface area contributed by atoms with E-state index in [0.29, 0.717) is 29.1 Å². The van der Waals surface area contributed by atoms with Crippen molar-refractivity contribution in [2.24, 2.45) is 5.73 Å². The first-order valence-electron chi connectivity index (χ1n) is 9.82. The van der Waals surface area contributed by atoms with E-state index < -0.39 is 11.9 Å². The zero-order chi connectivity index (χ0) is 23.0. The van der Waals surface area contributed by atoms with Gasteiger partial charge in [-0.25, -0.2) is 9.48 Å². The van der Waals surface area contributed by atoms with Gasteiger partial charge in [-0.15, -0.1) is 0 Å². The molecule has 0 radical (unpaired) electrons. The summed E-state index contributed by atoms with van der Waals surface area (Å²) in [5.74, 6) is -1.20. The van der Waals surface area contributed by atoms with E-state index in [4.69, 9.17) is 15.2 Å². The summed E-state index contributed by atoms with van der Waals surface area (Å²) in [4.78, 5) is 11.4. The van der Waals surface area contributed by atoms with Gasteiger partial charge in [0.1, 0.15) is 11.6 Å². The number of aromatic carboxylic acids is 1. The molecule has 3 aromatic rings. The zero-order valence-corrected chi connectivity index (χ0v) is 17.4. The number of carboxylic acids is 1. The lowest BCUT2D eigenvalue weighted by Gasteiger charge is -2.25. The van der Waals surface area contributed by atoms with Crippen LogP contribution >= 0.6 is 0 Å². The summed E-state index contributed by atoms with van der Waals surface area (Å²) in [5.41, 5.74) is 8.74. The summed E-state index contributed by atoms with van der Waals surface area (Å²) in [6.45, 7) is 3.93. The normalized spacial score (nSPS) is 15.0. The summed E-state index contributed by atoms with van der Waals surface area (Å²) in [5, 5.41) is 33.8. The molecule has 2 heterocycles. The summed E-state index contributed by atoms with van der Waals surface area (Å²) in [6.07, 6.45) is 0. The van der Waals surface area contributed by atoms with Gasteiger partial charge in [-0.05, 0) is 49.7 Å². The van der Waals surface area contributed by atoms with Crippen molar-refractivity contribution in [1.29, 1.82) is 5.26 Å². The average Bonchev–Trinajstić information content (AvgIpc) is 3.10. The third-order valence-electron chi connectivity index (χ3n) is 5.19. The average molecular weight is 432 g/mol. The largest absolute Gasteiger partial charge is 0.504 e. The lowest BCUT2D eigenvalue weighted by Crippen LogP contribution is -2.22. The van der Waals surface area contributed by atoms with Gasteiger partial charge in [0.25, 0.3) is 0 Å². The second-order valence-corrected chi connectivity index (χ2v) is 7.16. The van der Waals surface area contributed by atoms with Crippen LogP contribution in [0.25, 0.3) is 5.69 Å². The number of phenols is 1. The minimum absolute atomic E-state index is 0.0174. The number of ether oxygens (including phenoxy) is 2. The number of phenolic OH excluding ortho intramolecular Hbond substituents is 1. The van der Waals surface area contributed by atoms with E-state index in [-0.39, 0.29) is 34.4 Å². The monoisotopic (exact) mass is 432 g/mol. The first kappa shape index (κ1) is 20.8. The summed E-state index contributed by atoms with van der Waals surface area (Å²) in [7, 11) is 0. The van der Waals surface area contributed by atoms with Crippen molar-refractivity contribution in [3.05, 3.63) is 76.3 Å². The van der Waals surface area contributed by atoms with Gasteiger partial charge >= 0.3 is 5.97 Å². The predicted molar refractivity (Wildman–Crippen MR) is 114 cm³/mol. The Bertz CT molecular complexity index is 1300. The molecule has 0 saturated carbocycles. The molecule has 1 unspecified atom stereocenters. The highest BCUT2D eigenvalue weighted by molar-refractivity contribution is 5.88. The molecule has 0 fully saturated rings. The van der Waals surface area contributed by atoms with Crippen LogP contribution < -0.4 is 15.2 Å². The van der Waals surface area contributed by atoms with Crippen LogP contribution in [0.2, 0.25) is 0 Å². The van der Waals surface area contributed by atoms with Gasteiger partial charge in [-0.2, -0.15) is 10.4 Å². The minimum atomic E-state index is -1.07. The highest BCUT2D eigenvalue weighted by Crippen LogP contribution is 2.46. The quantitative estimate of drug-likeness (QED) is 0.558. The number of allylic oxidation sites excluding steroid dienone is 1. The molecule has 1 aliphatic rings. The Labute approximate surface area is 183 Å². The lowest BCUT2D eigenvalue weighted by atomic mass is 9.84. The highest BCUT2D eigenvalue weighted by atomic mass is 16.5. The predicted octanol–water partition coefficient (Wildman–Crippen LogP) is 3.20. The minimum Gasteiger partial charge on any atom is -0.504 e. The second kappa shape index (κ2) is 8.00. The first-order chi connectivity index (χ1) is 15.3. The maximum Gasteiger partial charge on any atom is 0.335 e. The molecule has 32 heavy (non-hydrogen) atoms. The number of aryl methyl sites for hydroxylation is 1. The fourth-order valence-electron chi connectivity index (χ4n) is 3.77. The number of rotatable bonds is 5. The third-order valence-corrected chi connectivity index (χ3v) is 5.19. The Morgan fingerprint density at radius 2 is 2.12 bits per heavy atom. The van der Waals surface area contributed by atoms with Gasteiger partial charge in [0.15, 0.2) is 11.5 Å². The van der Waals surface area contributed by atoms with Crippen molar-refractivity contribution >= 4 is 5.97 Å². The van der Waals surface area contributed by atoms with Crippen molar-refractivity contribution in [3.8, 4) is 29.1 Å². The first-order valence-corrected chi connectivity index (χ1v) is 9.82. The fraction of sp³-hybridized carbons (Fsp3) is 0.174. The number of nitrogens with zero attached hydrogens (tertiary/aromatic N) is 3. The van der Waals surface area contributed by atoms with E-state index in [0.717, 1.165) is 0 Å². The molecule has 0 amide bonds. The number of aromatic nitrogens is 2. The molecule has 0 spiro atoms. The van der Waals surface area contributed by atoms with Gasteiger partial charge in [0, 0.05) is 0 Å². The van der Waals surface area contributed by atoms with Crippen LogP contribution in [0.15, 0.2) is 53.9 Å². The van der Waals surface area contributed by atoms with Crippen LogP contribution in [0.3, 0.4) is 0 Å². The zero-order valence-electron chi connectivity index (χ0n) is 17.4. The number of carboxylic acid groups (broad SMARTS) is 1. The standard InChI is InChI=1S/C23H20N4O5/c1-3-31-18-10-13(7-8-17(18)28)20-16(11-24)21(25)32-22-19(20)12(2)26-27(22)15-6-4-5-14(9-15)23(29)30/h4-10,20,28H,3,25H2,1-2H3,(H,29,30).